The Hall–Kier alpha value is -1.29. The molecule has 0 amide bonds. The van der Waals surface area contributed by atoms with Crippen molar-refractivity contribution in [2.24, 2.45) is 11.3 Å². The van der Waals surface area contributed by atoms with Gasteiger partial charge in [-0.1, -0.05) is 70.2 Å². The first-order valence-corrected chi connectivity index (χ1v) is 12.2. The molecule has 0 atom stereocenters. The third-order valence-electron chi connectivity index (χ3n) is 7.88. The van der Waals surface area contributed by atoms with Crippen LogP contribution in [0.25, 0.3) is 0 Å². The van der Waals surface area contributed by atoms with Crippen LogP contribution in [0, 0.1) is 22.7 Å². The molecule has 0 aromatic heterocycles. The smallest absolute Gasteiger partial charge is 0.0689 e. The molecule has 1 nitrogen and oxygen atoms in total. The maximum Gasteiger partial charge on any atom is 0.0689 e. The molecule has 0 heterocycles. The average molecular weight is 380 g/mol. The molecule has 0 bridgehead atoms. The van der Waals surface area contributed by atoms with Gasteiger partial charge in [0, 0.05) is 0 Å². The third kappa shape index (κ3) is 5.40. The van der Waals surface area contributed by atoms with Gasteiger partial charge < -0.3 is 0 Å². The zero-order valence-electron chi connectivity index (χ0n) is 18.4. The minimum Gasteiger partial charge on any atom is -0.198 e. The molecular weight excluding hydrogens is 338 g/mol. The van der Waals surface area contributed by atoms with E-state index in [-0.39, 0.29) is 5.41 Å². The van der Waals surface area contributed by atoms with E-state index in [1.54, 1.807) is 5.56 Å². The van der Waals surface area contributed by atoms with Gasteiger partial charge in [-0.2, -0.15) is 5.26 Å². The van der Waals surface area contributed by atoms with Crippen molar-refractivity contribution in [2.75, 3.05) is 0 Å². The van der Waals surface area contributed by atoms with Crippen LogP contribution >= 0.6 is 0 Å². The number of nitrogens with zero attached hydrogens (tertiary/aromatic N) is 1. The lowest BCUT2D eigenvalue weighted by molar-refractivity contribution is 0.224. The topological polar surface area (TPSA) is 23.8 Å². The van der Waals surface area contributed by atoms with Crippen LogP contribution in [0.4, 0.5) is 0 Å². The van der Waals surface area contributed by atoms with Gasteiger partial charge in [0.1, 0.15) is 0 Å². The highest BCUT2D eigenvalue weighted by molar-refractivity contribution is 5.29. The van der Waals surface area contributed by atoms with E-state index in [9.17, 15) is 5.26 Å². The van der Waals surface area contributed by atoms with Crippen molar-refractivity contribution >= 4 is 0 Å². The van der Waals surface area contributed by atoms with Crippen molar-refractivity contribution in [3.63, 3.8) is 0 Å². The first kappa shape index (κ1) is 21.4. The second kappa shape index (κ2) is 10.5. The van der Waals surface area contributed by atoms with E-state index < -0.39 is 0 Å². The van der Waals surface area contributed by atoms with Crippen molar-refractivity contribution in [3.8, 4) is 6.07 Å². The zero-order chi connectivity index (χ0) is 19.8. The minimum absolute atomic E-state index is 0.0249. The Morgan fingerprint density at radius 2 is 1.36 bits per heavy atom. The lowest BCUT2D eigenvalue weighted by Crippen LogP contribution is -2.25. The van der Waals surface area contributed by atoms with Crippen molar-refractivity contribution in [1.82, 2.24) is 0 Å². The summed E-state index contributed by atoms with van der Waals surface area (Å²) in [5, 5.41) is 9.72. The van der Waals surface area contributed by atoms with Crippen LogP contribution in [0.3, 0.4) is 0 Å². The minimum atomic E-state index is -0.0249. The fraction of sp³-hybridized carbons (Fsp3) is 0.741. The summed E-state index contributed by atoms with van der Waals surface area (Å²) >= 11 is 0. The summed E-state index contributed by atoms with van der Waals surface area (Å²) in [6.07, 6.45) is 17.9. The van der Waals surface area contributed by atoms with Crippen LogP contribution in [0.2, 0.25) is 0 Å². The molecule has 0 N–H and O–H groups in total. The Balaban J connectivity index is 1.51. The van der Waals surface area contributed by atoms with Gasteiger partial charge in [-0.25, -0.2) is 0 Å². The maximum atomic E-state index is 9.72. The molecule has 2 aliphatic carbocycles. The summed E-state index contributed by atoms with van der Waals surface area (Å²) in [6.45, 7) is 4.54. The second-order valence-electron chi connectivity index (χ2n) is 9.80. The Morgan fingerprint density at radius 1 is 0.821 bits per heavy atom. The number of nitriles is 1. The van der Waals surface area contributed by atoms with Gasteiger partial charge in [0.15, 0.2) is 0 Å². The molecule has 0 saturated heterocycles. The standard InChI is InChI=1S/C27H41N/c1-3-5-7-22-8-10-23(11-9-22)24-12-14-25(15-13-24)26-16-19-27(21-28,20-17-26)18-6-4-2/h12-15,22-23,26H,3-11,16-20H2,1-2H3. The summed E-state index contributed by atoms with van der Waals surface area (Å²) in [5.41, 5.74) is 3.06. The molecule has 2 saturated carbocycles. The van der Waals surface area contributed by atoms with E-state index in [4.69, 9.17) is 0 Å². The molecule has 1 heteroatoms. The molecule has 0 radical (unpaired) electrons. The average Bonchev–Trinajstić information content (AvgIpc) is 2.77. The summed E-state index contributed by atoms with van der Waals surface area (Å²) < 4.78 is 0. The zero-order valence-corrected chi connectivity index (χ0v) is 18.4. The molecule has 154 valence electrons. The highest BCUT2D eigenvalue weighted by atomic mass is 14.4. The predicted octanol–water partition coefficient (Wildman–Crippen LogP) is 8.51. The molecule has 28 heavy (non-hydrogen) atoms. The van der Waals surface area contributed by atoms with Crippen LogP contribution in [-0.4, -0.2) is 0 Å². The molecule has 2 fully saturated rings. The first-order chi connectivity index (χ1) is 13.7. The molecule has 0 aliphatic heterocycles. The van der Waals surface area contributed by atoms with Crippen molar-refractivity contribution in [3.05, 3.63) is 35.4 Å². The van der Waals surface area contributed by atoms with Gasteiger partial charge in [0.25, 0.3) is 0 Å². The number of benzene rings is 1. The van der Waals surface area contributed by atoms with Gasteiger partial charge in [0.05, 0.1) is 11.5 Å². The highest BCUT2D eigenvalue weighted by Crippen LogP contribution is 2.46. The van der Waals surface area contributed by atoms with Gasteiger partial charge in [-0.3, -0.25) is 0 Å². The van der Waals surface area contributed by atoms with Crippen LogP contribution in [0.5, 0.6) is 0 Å². The van der Waals surface area contributed by atoms with E-state index in [1.807, 2.05) is 0 Å². The molecule has 1 aromatic carbocycles. The lowest BCUT2D eigenvalue weighted by Gasteiger charge is -2.35. The SMILES string of the molecule is CCCCC1CCC(c2ccc(C3CCC(C#N)(CCCC)CC3)cc2)CC1. The van der Waals surface area contributed by atoms with E-state index in [0.717, 1.165) is 31.1 Å². The third-order valence-corrected chi connectivity index (χ3v) is 7.88. The van der Waals surface area contributed by atoms with Gasteiger partial charge >= 0.3 is 0 Å². The highest BCUT2D eigenvalue weighted by Gasteiger charge is 2.35. The number of hydrogen-bond donors (Lipinski definition) is 0. The Labute approximate surface area is 173 Å². The first-order valence-electron chi connectivity index (χ1n) is 12.2. The normalized spacial score (nSPS) is 30.7. The van der Waals surface area contributed by atoms with Crippen LogP contribution in [0.1, 0.15) is 127 Å². The van der Waals surface area contributed by atoms with Gasteiger partial charge in [0.2, 0.25) is 0 Å². The van der Waals surface area contributed by atoms with E-state index in [0.29, 0.717) is 5.92 Å². The Kier molecular flexibility index (Phi) is 8.01. The Morgan fingerprint density at radius 3 is 1.86 bits per heavy atom. The molecule has 0 unspecified atom stereocenters. The van der Waals surface area contributed by atoms with Crippen LogP contribution in [0.15, 0.2) is 24.3 Å². The van der Waals surface area contributed by atoms with Crippen LogP contribution < -0.4 is 0 Å². The quantitative estimate of drug-likeness (QED) is 0.444. The lowest BCUT2D eigenvalue weighted by atomic mass is 9.67. The monoisotopic (exact) mass is 379 g/mol. The molecule has 1 aromatic rings. The fourth-order valence-corrected chi connectivity index (χ4v) is 5.75. The molecule has 2 aliphatic rings. The summed E-state index contributed by atoms with van der Waals surface area (Å²) in [7, 11) is 0. The van der Waals surface area contributed by atoms with Crippen molar-refractivity contribution in [1.29, 1.82) is 5.26 Å². The largest absolute Gasteiger partial charge is 0.198 e. The number of unbranched alkanes of at least 4 members (excludes halogenated alkanes) is 2. The summed E-state index contributed by atoms with van der Waals surface area (Å²) in [6, 6.07) is 12.4. The van der Waals surface area contributed by atoms with Gasteiger partial charge in [-0.15, -0.1) is 0 Å². The molecular formula is C27H41N. The van der Waals surface area contributed by atoms with Gasteiger partial charge in [-0.05, 0) is 86.7 Å². The predicted molar refractivity (Wildman–Crippen MR) is 119 cm³/mol. The maximum absolute atomic E-state index is 9.72. The van der Waals surface area contributed by atoms with Crippen LogP contribution in [-0.2, 0) is 0 Å². The van der Waals surface area contributed by atoms with Crippen molar-refractivity contribution < 1.29 is 0 Å². The molecule has 0 spiro atoms. The Bertz CT molecular complexity index is 607. The molecule has 3 rings (SSSR count). The second-order valence-corrected chi connectivity index (χ2v) is 9.80. The summed E-state index contributed by atoms with van der Waals surface area (Å²) in [4.78, 5) is 0. The fourth-order valence-electron chi connectivity index (χ4n) is 5.75. The number of rotatable bonds is 8. The van der Waals surface area contributed by atoms with E-state index in [1.165, 1.54) is 76.2 Å². The van der Waals surface area contributed by atoms with E-state index >= 15 is 0 Å². The van der Waals surface area contributed by atoms with Crippen molar-refractivity contribution in [2.45, 2.75) is 116 Å². The van der Waals surface area contributed by atoms with E-state index in [2.05, 4.69) is 44.2 Å². The summed E-state index contributed by atoms with van der Waals surface area (Å²) in [5.74, 6) is 2.45. The number of hydrogen-bond acceptors (Lipinski definition) is 1.